The Morgan fingerprint density at radius 3 is 2.74 bits per heavy atom. The summed E-state index contributed by atoms with van der Waals surface area (Å²) in [4.78, 5) is 0. The van der Waals surface area contributed by atoms with Crippen LogP contribution in [0.3, 0.4) is 0 Å². The smallest absolute Gasteiger partial charge is 0.00987 e. The molecule has 3 atom stereocenters. The molecule has 2 rings (SSSR count). The third-order valence-corrected chi connectivity index (χ3v) is 4.63. The van der Waals surface area contributed by atoms with E-state index in [1.54, 1.807) is 5.56 Å². The lowest BCUT2D eigenvalue weighted by atomic mass is 9.87. The van der Waals surface area contributed by atoms with Crippen molar-refractivity contribution in [2.75, 3.05) is 6.54 Å². The van der Waals surface area contributed by atoms with Crippen molar-refractivity contribution in [2.45, 2.75) is 64.8 Å². The van der Waals surface area contributed by atoms with Crippen molar-refractivity contribution in [3.05, 3.63) is 35.4 Å². The van der Waals surface area contributed by atoms with E-state index in [1.165, 1.54) is 37.7 Å². The van der Waals surface area contributed by atoms with Gasteiger partial charge in [-0.15, -0.1) is 0 Å². The highest BCUT2D eigenvalue weighted by Gasteiger charge is 2.33. The number of rotatable bonds is 6. The molecular weight excluding hydrogens is 230 g/mol. The molecule has 3 unspecified atom stereocenters. The fraction of sp³-hybridized carbons (Fsp3) is 0.667. The van der Waals surface area contributed by atoms with E-state index in [4.69, 9.17) is 0 Å². The summed E-state index contributed by atoms with van der Waals surface area (Å²) >= 11 is 0. The maximum absolute atomic E-state index is 3.72. The highest BCUT2D eigenvalue weighted by atomic mass is 14.9. The second-order valence-electron chi connectivity index (χ2n) is 6.10. The molecule has 1 aromatic carbocycles. The van der Waals surface area contributed by atoms with E-state index in [-0.39, 0.29) is 0 Å². The van der Waals surface area contributed by atoms with Gasteiger partial charge in [0.15, 0.2) is 0 Å². The maximum Gasteiger partial charge on any atom is 0.00987 e. The molecule has 1 aliphatic carbocycles. The van der Waals surface area contributed by atoms with Crippen LogP contribution in [0.5, 0.6) is 0 Å². The van der Waals surface area contributed by atoms with E-state index >= 15 is 0 Å². The lowest BCUT2D eigenvalue weighted by Crippen LogP contribution is -2.32. The summed E-state index contributed by atoms with van der Waals surface area (Å²) < 4.78 is 0. The van der Waals surface area contributed by atoms with E-state index in [9.17, 15) is 0 Å². The van der Waals surface area contributed by atoms with Crippen LogP contribution in [-0.4, -0.2) is 12.6 Å². The molecule has 1 nitrogen and oxygen atoms in total. The van der Waals surface area contributed by atoms with Gasteiger partial charge in [0, 0.05) is 6.04 Å². The summed E-state index contributed by atoms with van der Waals surface area (Å²) in [6.07, 6.45) is 6.37. The zero-order valence-corrected chi connectivity index (χ0v) is 12.8. The Labute approximate surface area is 118 Å². The van der Waals surface area contributed by atoms with Crippen molar-refractivity contribution in [1.82, 2.24) is 5.32 Å². The van der Waals surface area contributed by atoms with Gasteiger partial charge in [-0.05, 0) is 55.2 Å². The topological polar surface area (TPSA) is 12.0 Å². The molecule has 1 saturated carbocycles. The quantitative estimate of drug-likeness (QED) is 0.792. The molecule has 0 bridgehead atoms. The average molecular weight is 259 g/mol. The van der Waals surface area contributed by atoms with E-state index in [0.29, 0.717) is 0 Å². The van der Waals surface area contributed by atoms with Gasteiger partial charge in [0.1, 0.15) is 0 Å². The first kappa shape index (κ1) is 14.6. The number of benzene rings is 1. The molecule has 0 radical (unpaired) electrons. The van der Waals surface area contributed by atoms with Crippen LogP contribution in [0.15, 0.2) is 24.3 Å². The molecule has 1 N–H and O–H groups in total. The Bertz CT molecular complexity index is 385. The highest BCUT2D eigenvalue weighted by Crippen LogP contribution is 2.39. The summed E-state index contributed by atoms with van der Waals surface area (Å²) in [7, 11) is 0. The minimum atomic E-state index is 0.722. The average Bonchev–Trinajstić information content (AvgIpc) is 2.78. The largest absolute Gasteiger partial charge is 0.314 e. The second kappa shape index (κ2) is 7.09. The van der Waals surface area contributed by atoms with Gasteiger partial charge in [0.05, 0.1) is 0 Å². The Balaban J connectivity index is 2.04. The molecule has 19 heavy (non-hydrogen) atoms. The zero-order valence-electron chi connectivity index (χ0n) is 12.8. The van der Waals surface area contributed by atoms with Gasteiger partial charge in [0.25, 0.3) is 0 Å². The van der Waals surface area contributed by atoms with E-state index in [0.717, 1.165) is 24.4 Å². The first-order chi connectivity index (χ1) is 9.26. The van der Waals surface area contributed by atoms with Gasteiger partial charge >= 0.3 is 0 Å². The van der Waals surface area contributed by atoms with Gasteiger partial charge < -0.3 is 5.32 Å². The molecule has 1 fully saturated rings. The Hall–Kier alpha value is -0.820. The van der Waals surface area contributed by atoms with E-state index in [1.807, 2.05) is 0 Å². The number of hydrogen-bond donors (Lipinski definition) is 1. The molecule has 1 aromatic rings. The minimum absolute atomic E-state index is 0.722. The van der Waals surface area contributed by atoms with Gasteiger partial charge in [-0.3, -0.25) is 0 Å². The minimum Gasteiger partial charge on any atom is -0.314 e. The molecule has 0 spiro atoms. The van der Waals surface area contributed by atoms with Crippen LogP contribution in [0.1, 0.15) is 63.5 Å². The predicted octanol–water partition coefficient (Wildman–Crippen LogP) is 4.52. The summed E-state index contributed by atoms with van der Waals surface area (Å²) in [6.45, 7) is 8.10. The van der Waals surface area contributed by atoms with E-state index < -0.39 is 0 Å². The summed E-state index contributed by atoms with van der Waals surface area (Å²) in [6, 6.07) is 10.0. The van der Waals surface area contributed by atoms with Crippen molar-refractivity contribution < 1.29 is 0 Å². The lowest BCUT2D eigenvalue weighted by molar-refractivity contribution is 0.404. The molecule has 0 saturated heterocycles. The van der Waals surface area contributed by atoms with Gasteiger partial charge in [-0.25, -0.2) is 0 Å². The molecular formula is C18H29N. The fourth-order valence-corrected chi connectivity index (χ4v) is 3.52. The molecule has 1 heteroatoms. The third-order valence-electron chi connectivity index (χ3n) is 4.63. The van der Waals surface area contributed by atoms with E-state index in [2.05, 4.69) is 50.4 Å². The van der Waals surface area contributed by atoms with Crippen LogP contribution in [0.2, 0.25) is 0 Å². The normalized spacial score (nSPS) is 26.8. The molecule has 0 amide bonds. The van der Waals surface area contributed by atoms with Crippen LogP contribution in [0.4, 0.5) is 0 Å². The van der Waals surface area contributed by atoms with Gasteiger partial charge in [-0.1, -0.05) is 51.5 Å². The molecule has 0 heterocycles. The maximum atomic E-state index is 3.72. The Morgan fingerprint density at radius 1 is 1.16 bits per heavy atom. The van der Waals surface area contributed by atoms with Crippen LogP contribution in [0.25, 0.3) is 0 Å². The van der Waals surface area contributed by atoms with Crippen molar-refractivity contribution >= 4 is 0 Å². The van der Waals surface area contributed by atoms with Crippen LogP contribution < -0.4 is 5.32 Å². The third kappa shape index (κ3) is 3.60. The highest BCUT2D eigenvalue weighted by molar-refractivity contribution is 5.28. The molecule has 1 aliphatic rings. The first-order valence-electron chi connectivity index (χ1n) is 8.08. The first-order valence-corrected chi connectivity index (χ1v) is 8.08. The molecule has 0 aromatic heterocycles. The van der Waals surface area contributed by atoms with Crippen molar-refractivity contribution in [2.24, 2.45) is 5.92 Å². The summed E-state index contributed by atoms with van der Waals surface area (Å²) in [5.41, 5.74) is 3.08. The Kier molecular flexibility index (Phi) is 5.45. The standard InChI is InChI=1S/C18H29N/c1-4-7-15-8-6-9-16(13-15)17-10-11-18(14(17)3)19-12-5-2/h6,8-9,13-14,17-19H,4-5,7,10-12H2,1-3H3. The number of hydrogen-bond acceptors (Lipinski definition) is 1. The zero-order chi connectivity index (χ0) is 13.7. The van der Waals surface area contributed by atoms with Crippen molar-refractivity contribution in [1.29, 1.82) is 0 Å². The summed E-state index contributed by atoms with van der Waals surface area (Å²) in [5, 5.41) is 3.72. The van der Waals surface area contributed by atoms with Crippen molar-refractivity contribution in [3.8, 4) is 0 Å². The fourth-order valence-electron chi connectivity index (χ4n) is 3.52. The Morgan fingerprint density at radius 2 is 2.00 bits per heavy atom. The monoisotopic (exact) mass is 259 g/mol. The van der Waals surface area contributed by atoms with Crippen LogP contribution >= 0.6 is 0 Å². The summed E-state index contributed by atoms with van der Waals surface area (Å²) in [5.74, 6) is 1.52. The van der Waals surface area contributed by atoms with Crippen molar-refractivity contribution in [3.63, 3.8) is 0 Å². The SMILES string of the molecule is CCCNC1CCC(c2cccc(CCC)c2)C1C. The lowest BCUT2D eigenvalue weighted by Gasteiger charge is -2.22. The van der Waals surface area contributed by atoms with Crippen LogP contribution in [-0.2, 0) is 6.42 Å². The predicted molar refractivity (Wildman–Crippen MR) is 83.7 cm³/mol. The van der Waals surface area contributed by atoms with Gasteiger partial charge in [0.2, 0.25) is 0 Å². The number of aryl methyl sites for hydroxylation is 1. The molecule has 106 valence electrons. The van der Waals surface area contributed by atoms with Crippen LogP contribution in [0, 0.1) is 5.92 Å². The van der Waals surface area contributed by atoms with Gasteiger partial charge in [-0.2, -0.15) is 0 Å². The second-order valence-corrected chi connectivity index (χ2v) is 6.10. The molecule has 0 aliphatic heterocycles. The number of nitrogens with one attached hydrogen (secondary N) is 1.